The Bertz CT molecular complexity index is 837. The van der Waals surface area contributed by atoms with Gasteiger partial charge >= 0.3 is 0 Å². The van der Waals surface area contributed by atoms with Gasteiger partial charge in [0.1, 0.15) is 0 Å². The van der Waals surface area contributed by atoms with E-state index >= 15 is 0 Å². The number of nitro groups is 1. The lowest BCUT2D eigenvalue weighted by molar-refractivity contribution is -0.388. The molecule has 134 valence electrons. The first kappa shape index (κ1) is 19.4. The molecule has 0 saturated heterocycles. The van der Waals surface area contributed by atoms with Crippen LogP contribution in [0.4, 0.5) is 5.69 Å². The fourth-order valence-corrected chi connectivity index (χ4v) is 4.11. The van der Waals surface area contributed by atoms with Crippen molar-refractivity contribution in [3.05, 3.63) is 64.2 Å². The van der Waals surface area contributed by atoms with E-state index in [1.54, 1.807) is 0 Å². The summed E-state index contributed by atoms with van der Waals surface area (Å²) < 4.78 is 25.3. The first-order valence-corrected chi connectivity index (χ1v) is 10.1. The maximum absolute atomic E-state index is 12.1. The van der Waals surface area contributed by atoms with Crippen LogP contribution in [-0.4, -0.2) is 37.5 Å². The van der Waals surface area contributed by atoms with Crippen molar-refractivity contribution in [2.75, 3.05) is 19.8 Å². The smallest absolute Gasteiger partial charge is 0.258 e. The molecule has 0 aliphatic carbocycles. The van der Waals surface area contributed by atoms with Crippen LogP contribution >= 0.6 is 11.8 Å². The number of rotatable bonds is 8. The third-order valence-electron chi connectivity index (χ3n) is 3.62. The van der Waals surface area contributed by atoms with E-state index in [-0.39, 0.29) is 10.6 Å². The van der Waals surface area contributed by atoms with Gasteiger partial charge in [0.2, 0.25) is 10.0 Å². The standard InChI is InChI=1S/C17H20N2O4S2/c1-18(2)25(22,23)15-10-11-17(16(13-15)19(20)21)24-12-6-9-14-7-4-3-5-8-14/h3-5,7-8,10-11,13H,6,9,12H2,1-2H3. The van der Waals surface area contributed by atoms with Crippen LogP contribution in [0.5, 0.6) is 0 Å². The monoisotopic (exact) mass is 380 g/mol. The highest BCUT2D eigenvalue weighted by atomic mass is 32.2. The maximum atomic E-state index is 12.1. The Hall–Kier alpha value is -1.90. The van der Waals surface area contributed by atoms with Crippen molar-refractivity contribution in [3.8, 4) is 0 Å². The summed E-state index contributed by atoms with van der Waals surface area (Å²) in [5, 5.41) is 11.3. The molecule has 8 heteroatoms. The number of hydrogen-bond donors (Lipinski definition) is 0. The number of aryl methyl sites for hydroxylation is 1. The second-order valence-corrected chi connectivity index (χ2v) is 8.90. The SMILES string of the molecule is CN(C)S(=O)(=O)c1ccc(SCCCc2ccccc2)c([N+](=O)[O-])c1. The first-order chi connectivity index (χ1) is 11.8. The van der Waals surface area contributed by atoms with E-state index in [0.29, 0.717) is 4.90 Å². The van der Waals surface area contributed by atoms with Crippen molar-refractivity contribution < 1.29 is 13.3 Å². The van der Waals surface area contributed by atoms with Crippen molar-refractivity contribution in [1.29, 1.82) is 0 Å². The van der Waals surface area contributed by atoms with Crippen molar-refractivity contribution in [3.63, 3.8) is 0 Å². The molecule has 0 radical (unpaired) electrons. The summed E-state index contributed by atoms with van der Waals surface area (Å²) in [6.45, 7) is 0. The summed E-state index contributed by atoms with van der Waals surface area (Å²) in [4.78, 5) is 11.2. The van der Waals surface area contributed by atoms with Crippen LogP contribution in [0.3, 0.4) is 0 Å². The molecular weight excluding hydrogens is 360 g/mol. The predicted molar refractivity (Wildman–Crippen MR) is 99.5 cm³/mol. The Labute approximate surface area is 152 Å². The van der Waals surface area contributed by atoms with Crippen LogP contribution in [0.15, 0.2) is 58.3 Å². The second kappa shape index (κ2) is 8.46. The molecule has 2 aromatic carbocycles. The molecular formula is C17H20N2O4S2. The molecule has 0 saturated carbocycles. The van der Waals surface area contributed by atoms with Crippen LogP contribution in [0.2, 0.25) is 0 Å². The van der Waals surface area contributed by atoms with Gasteiger partial charge in [0.15, 0.2) is 0 Å². The zero-order valence-electron chi connectivity index (χ0n) is 14.1. The number of nitrogens with zero attached hydrogens (tertiary/aromatic N) is 2. The topological polar surface area (TPSA) is 80.5 Å². The Kier molecular flexibility index (Phi) is 6.57. The van der Waals surface area contributed by atoms with Crippen LogP contribution < -0.4 is 0 Å². The third kappa shape index (κ3) is 5.04. The summed E-state index contributed by atoms with van der Waals surface area (Å²) in [7, 11) is -0.899. The van der Waals surface area contributed by atoms with Gasteiger partial charge in [-0.2, -0.15) is 0 Å². The normalized spacial score (nSPS) is 11.6. The van der Waals surface area contributed by atoms with E-state index in [9.17, 15) is 18.5 Å². The van der Waals surface area contributed by atoms with E-state index in [1.165, 1.54) is 43.6 Å². The largest absolute Gasteiger partial charge is 0.284 e. The average molecular weight is 380 g/mol. The van der Waals surface area contributed by atoms with E-state index in [0.717, 1.165) is 29.0 Å². The van der Waals surface area contributed by atoms with Crippen molar-refractivity contribution in [2.45, 2.75) is 22.6 Å². The number of nitro benzene ring substituents is 1. The summed E-state index contributed by atoms with van der Waals surface area (Å²) in [6, 6.07) is 14.1. The minimum absolute atomic E-state index is 0.0714. The average Bonchev–Trinajstić information content (AvgIpc) is 2.59. The molecule has 0 N–H and O–H groups in total. The molecule has 2 aromatic rings. The summed E-state index contributed by atoms with van der Waals surface area (Å²) >= 11 is 1.37. The third-order valence-corrected chi connectivity index (χ3v) is 6.58. The van der Waals surface area contributed by atoms with Gasteiger partial charge in [-0.05, 0) is 36.3 Å². The Morgan fingerprint density at radius 1 is 1.12 bits per heavy atom. The van der Waals surface area contributed by atoms with Crippen molar-refractivity contribution in [1.82, 2.24) is 4.31 Å². The molecule has 0 aromatic heterocycles. The molecule has 0 spiro atoms. The maximum Gasteiger partial charge on any atom is 0.284 e. The molecule has 0 fully saturated rings. The molecule has 0 atom stereocenters. The van der Waals surface area contributed by atoms with Gasteiger partial charge in [-0.1, -0.05) is 30.3 Å². The molecule has 0 amide bonds. The number of sulfonamides is 1. The van der Waals surface area contributed by atoms with Gasteiger partial charge in [-0.15, -0.1) is 11.8 Å². The van der Waals surface area contributed by atoms with Crippen LogP contribution in [0, 0.1) is 10.1 Å². The second-order valence-electron chi connectivity index (χ2n) is 5.61. The fourth-order valence-electron chi connectivity index (χ4n) is 2.24. The molecule has 25 heavy (non-hydrogen) atoms. The van der Waals surface area contributed by atoms with E-state index < -0.39 is 14.9 Å². The highest BCUT2D eigenvalue weighted by Crippen LogP contribution is 2.32. The van der Waals surface area contributed by atoms with Gasteiger partial charge < -0.3 is 0 Å². The van der Waals surface area contributed by atoms with E-state index in [2.05, 4.69) is 0 Å². The van der Waals surface area contributed by atoms with Crippen LogP contribution in [0.1, 0.15) is 12.0 Å². The number of thioether (sulfide) groups is 1. The number of hydrogen-bond acceptors (Lipinski definition) is 5. The number of benzene rings is 2. The minimum atomic E-state index is -3.69. The molecule has 0 aliphatic heterocycles. The Morgan fingerprint density at radius 2 is 1.80 bits per heavy atom. The molecule has 0 unspecified atom stereocenters. The van der Waals surface area contributed by atoms with Crippen LogP contribution in [-0.2, 0) is 16.4 Å². The minimum Gasteiger partial charge on any atom is -0.258 e. The molecule has 0 aliphatic rings. The van der Waals surface area contributed by atoms with Gasteiger partial charge in [0.05, 0.1) is 14.7 Å². The molecule has 0 bridgehead atoms. The molecule has 0 heterocycles. The van der Waals surface area contributed by atoms with E-state index in [4.69, 9.17) is 0 Å². The molecule has 6 nitrogen and oxygen atoms in total. The predicted octanol–water partition coefficient (Wildman–Crippen LogP) is 3.57. The summed E-state index contributed by atoms with van der Waals surface area (Å²) in [5.41, 5.74) is 1.05. The highest BCUT2D eigenvalue weighted by Gasteiger charge is 2.23. The van der Waals surface area contributed by atoms with Gasteiger partial charge in [-0.25, -0.2) is 12.7 Å². The quantitative estimate of drug-likeness (QED) is 0.303. The van der Waals surface area contributed by atoms with Gasteiger partial charge in [0.25, 0.3) is 5.69 Å². The Balaban J connectivity index is 2.09. The summed E-state index contributed by atoms with van der Waals surface area (Å²) in [6.07, 6.45) is 1.78. The fraction of sp³-hybridized carbons (Fsp3) is 0.294. The first-order valence-electron chi connectivity index (χ1n) is 7.70. The Morgan fingerprint density at radius 3 is 2.40 bits per heavy atom. The zero-order valence-corrected chi connectivity index (χ0v) is 15.7. The van der Waals surface area contributed by atoms with Crippen molar-refractivity contribution >= 4 is 27.5 Å². The molecule has 2 rings (SSSR count). The van der Waals surface area contributed by atoms with Crippen LogP contribution in [0.25, 0.3) is 0 Å². The van der Waals surface area contributed by atoms with Gasteiger partial charge in [-0.3, -0.25) is 10.1 Å². The lowest BCUT2D eigenvalue weighted by Crippen LogP contribution is -2.22. The highest BCUT2D eigenvalue weighted by molar-refractivity contribution is 7.99. The van der Waals surface area contributed by atoms with Gasteiger partial charge in [0, 0.05) is 20.2 Å². The van der Waals surface area contributed by atoms with Crippen molar-refractivity contribution in [2.24, 2.45) is 0 Å². The lowest BCUT2D eigenvalue weighted by Gasteiger charge is -2.12. The lowest BCUT2D eigenvalue weighted by atomic mass is 10.1. The summed E-state index contributed by atoms with van der Waals surface area (Å²) in [5.74, 6) is 0.718. The zero-order chi connectivity index (χ0) is 18.4. The van der Waals surface area contributed by atoms with E-state index in [1.807, 2.05) is 30.3 Å².